The van der Waals surface area contributed by atoms with Crippen LogP contribution in [0, 0.1) is 0 Å². The first-order valence-corrected chi connectivity index (χ1v) is 8.67. The number of pyridine rings is 1. The van der Waals surface area contributed by atoms with Gasteiger partial charge >= 0.3 is 17.6 Å². The van der Waals surface area contributed by atoms with Gasteiger partial charge in [0.15, 0.2) is 0 Å². The van der Waals surface area contributed by atoms with Crippen molar-refractivity contribution in [2.45, 2.75) is 32.4 Å². The number of nitrogens with one attached hydrogen (secondary N) is 2. The van der Waals surface area contributed by atoms with Crippen LogP contribution in [0.2, 0.25) is 0 Å². The van der Waals surface area contributed by atoms with E-state index in [0.29, 0.717) is 6.04 Å². The molecule has 10 nitrogen and oxygen atoms in total. The van der Waals surface area contributed by atoms with Gasteiger partial charge in [0.05, 0.1) is 17.2 Å². The number of fused-ring (bicyclic) bond motifs is 3. The van der Waals surface area contributed by atoms with Crippen molar-refractivity contribution in [3.8, 4) is 0 Å². The van der Waals surface area contributed by atoms with Crippen LogP contribution >= 0.6 is 0 Å². The second kappa shape index (κ2) is 7.62. The molecule has 0 amide bonds. The van der Waals surface area contributed by atoms with Crippen molar-refractivity contribution in [2.24, 2.45) is 0 Å². The molecule has 3 aromatic rings. The number of likely N-dealkylation sites (tertiary alicyclic amines) is 1. The quantitative estimate of drug-likeness (QED) is 0.497. The summed E-state index contributed by atoms with van der Waals surface area (Å²) < 4.78 is 1.88. The number of rotatable bonds is 3. The van der Waals surface area contributed by atoms with Gasteiger partial charge < -0.3 is 20.2 Å². The molecule has 0 aromatic carbocycles. The number of aromatic nitrogens is 4. The minimum atomic E-state index is -1.82. The van der Waals surface area contributed by atoms with E-state index in [1.165, 1.54) is 6.42 Å². The Morgan fingerprint density at radius 1 is 1.33 bits per heavy atom. The zero-order valence-electron chi connectivity index (χ0n) is 14.8. The van der Waals surface area contributed by atoms with E-state index < -0.39 is 11.9 Å². The molecule has 4 heterocycles. The van der Waals surface area contributed by atoms with Gasteiger partial charge in [-0.3, -0.25) is 9.47 Å². The van der Waals surface area contributed by atoms with Gasteiger partial charge in [-0.25, -0.2) is 19.4 Å². The minimum Gasteiger partial charge on any atom is -0.473 e. The van der Waals surface area contributed by atoms with Crippen LogP contribution in [-0.2, 0) is 16.1 Å². The minimum absolute atomic E-state index is 0.0385. The molecule has 1 saturated heterocycles. The topological polar surface area (TPSA) is 144 Å². The first-order valence-electron chi connectivity index (χ1n) is 8.67. The molecule has 0 aliphatic carbocycles. The van der Waals surface area contributed by atoms with E-state index in [0.717, 1.165) is 48.1 Å². The molecule has 4 rings (SSSR count). The average molecular weight is 375 g/mol. The molecule has 0 saturated carbocycles. The monoisotopic (exact) mass is 375 g/mol. The summed E-state index contributed by atoms with van der Waals surface area (Å²) in [6.45, 7) is 5.11. The van der Waals surface area contributed by atoms with Gasteiger partial charge in [-0.15, -0.1) is 0 Å². The van der Waals surface area contributed by atoms with E-state index >= 15 is 0 Å². The molecule has 1 fully saturated rings. The molecule has 0 spiro atoms. The van der Waals surface area contributed by atoms with Gasteiger partial charge in [-0.05, 0) is 32.0 Å². The van der Waals surface area contributed by atoms with Crippen LogP contribution in [0.25, 0.3) is 22.1 Å². The summed E-state index contributed by atoms with van der Waals surface area (Å²) in [6.07, 6.45) is 5.98. The van der Waals surface area contributed by atoms with Crippen molar-refractivity contribution in [1.82, 2.24) is 24.4 Å². The molecule has 1 unspecified atom stereocenters. The Hall–Kier alpha value is -3.14. The van der Waals surface area contributed by atoms with Gasteiger partial charge in [-0.1, -0.05) is 6.92 Å². The molecule has 27 heavy (non-hydrogen) atoms. The molecular formula is C17H21N5O5. The van der Waals surface area contributed by atoms with Gasteiger partial charge in [0.25, 0.3) is 0 Å². The van der Waals surface area contributed by atoms with Crippen LogP contribution < -0.4 is 5.69 Å². The highest BCUT2D eigenvalue weighted by atomic mass is 16.4. The third kappa shape index (κ3) is 3.70. The second-order valence-corrected chi connectivity index (χ2v) is 6.34. The molecule has 3 aromatic heterocycles. The number of carboxylic acid groups (broad SMARTS) is 2. The summed E-state index contributed by atoms with van der Waals surface area (Å²) in [5.41, 5.74) is 2.57. The number of likely N-dealkylation sites (N-methyl/N-ethyl adjacent to an activating group) is 1. The first-order chi connectivity index (χ1) is 12.9. The summed E-state index contributed by atoms with van der Waals surface area (Å²) in [4.78, 5) is 43.4. The maximum atomic E-state index is 12.3. The van der Waals surface area contributed by atoms with Crippen LogP contribution in [0.3, 0.4) is 0 Å². The lowest BCUT2D eigenvalue weighted by Gasteiger charge is -2.23. The second-order valence-electron chi connectivity index (χ2n) is 6.34. The van der Waals surface area contributed by atoms with Crippen LogP contribution in [0.1, 0.15) is 19.8 Å². The summed E-state index contributed by atoms with van der Waals surface area (Å²) in [5, 5.41) is 15.8. The van der Waals surface area contributed by atoms with Crippen molar-refractivity contribution in [3.63, 3.8) is 0 Å². The van der Waals surface area contributed by atoms with Crippen molar-refractivity contribution in [3.05, 3.63) is 28.9 Å². The number of aromatic amines is 2. The lowest BCUT2D eigenvalue weighted by molar-refractivity contribution is -0.159. The summed E-state index contributed by atoms with van der Waals surface area (Å²) >= 11 is 0. The molecule has 10 heteroatoms. The SMILES string of the molecule is CCN1CCCC1Cn1c(=O)[nH]c2cnc3[nH]ccc3c21.O=C(O)C(=O)O. The number of H-pyrrole nitrogens is 2. The third-order valence-electron chi connectivity index (χ3n) is 4.80. The van der Waals surface area contributed by atoms with E-state index in [4.69, 9.17) is 19.8 Å². The van der Waals surface area contributed by atoms with Crippen LogP contribution in [0.4, 0.5) is 0 Å². The highest BCUT2D eigenvalue weighted by Crippen LogP contribution is 2.23. The number of hydrogen-bond donors (Lipinski definition) is 4. The van der Waals surface area contributed by atoms with Crippen LogP contribution in [0.15, 0.2) is 23.3 Å². The molecule has 1 aliphatic rings. The highest BCUT2D eigenvalue weighted by molar-refractivity contribution is 6.27. The highest BCUT2D eigenvalue weighted by Gasteiger charge is 2.25. The predicted molar refractivity (Wildman–Crippen MR) is 97.8 cm³/mol. The molecule has 4 N–H and O–H groups in total. The number of imidazole rings is 1. The van der Waals surface area contributed by atoms with Gasteiger partial charge in [0.2, 0.25) is 0 Å². The Bertz CT molecular complexity index is 1020. The number of carboxylic acids is 2. The van der Waals surface area contributed by atoms with E-state index in [9.17, 15) is 4.79 Å². The fourth-order valence-electron chi connectivity index (χ4n) is 3.56. The summed E-state index contributed by atoms with van der Waals surface area (Å²) in [5.74, 6) is -3.65. The zero-order chi connectivity index (χ0) is 19.6. The Morgan fingerprint density at radius 3 is 2.74 bits per heavy atom. The Labute approximate surface area is 153 Å². The van der Waals surface area contributed by atoms with Gasteiger partial charge in [0.1, 0.15) is 5.65 Å². The van der Waals surface area contributed by atoms with Crippen LogP contribution in [0.5, 0.6) is 0 Å². The maximum Gasteiger partial charge on any atom is 0.414 e. The fourth-order valence-corrected chi connectivity index (χ4v) is 3.56. The largest absolute Gasteiger partial charge is 0.473 e. The van der Waals surface area contributed by atoms with Crippen molar-refractivity contribution in [2.75, 3.05) is 13.1 Å². The van der Waals surface area contributed by atoms with Gasteiger partial charge in [-0.2, -0.15) is 0 Å². The first kappa shape index (κ1) is 18.6. The smallest absolute Gasteiger partial charge is 0.414 e. The number of hydrogen-bond acceptors (Lipinski definition) is 5. The standard InChI is InChI=1S/C15H19N5O.C2H2O4/c1-2-19-7-3-4-10(19)9-20-13-11-5-6-16-14(11)17-8-12(13)18-15(20)21;3-1(4)2(5)6/h5-6,8,10H,2-4,7,9H2,1H3,(H,16,17)(H,18,21);(H,3,4)(H,5,6). The molecule has 1 atom stereocenters. The maximum absolute atomic E-state index is 12.3. The molecule has 1 aliphatic heterocycles. The zero-order valence-corrected chi connectivity index (χ0v) is 14.8. The van der Waals surface area contributed by atoms with Crippen molar-refractivity contribution < 1.29 is 19.8 Å². The summed E-state index contributed by atoms with van der Waals surface area (Å²) in [6, 6.07) is 2.44. The number of carbonyl (C=O) groups is 2. The van der Waals surface area contributed by atoms with Crippen molar-refractivity contribution in [1.29, 1.82) is 0 Å². The molecule has 0 bridgehead atoms. The Morgan fingerprint density at radius 2 is 2.07 bits per heavy atom. The molecule has 0 radical (unpaired) electrons. The Balaban J connectivity index is 0.000000307. The van der Waals surface area contributed by atoms with E-state index in [-0.39, 0.29) is 5.69 Å². The third-order valence-corrected chi connectivity index (χ3v) is 4.80. The predicted octanol–water partition coefficient (Wildman–Crippen LogP) is 0.846. The lowest BCUT2D eigenvalue weighted by atomic mass is 10.2. The van der Waals surface area contributed by atoms with Crippen LogP contribution in [-0.4, -0.2) is 65.7 Å². The number of nitrogens with zero attached hydrogens (tertiary/aromatic N) is 3. The molecular weight excluding hydrogens is 354 g/mol. The molecule has 144 valence electrons. The van der Waals surface area contributed by atoms with Gasteiger partial charge in [0, 0.05) is 24.2 Å². The summed E-state index contributed by atoms with van der Waals surface area (Å²) in [7, 11) is 0. The van der Waals surface area contributed by atoms with Crippen molar-refractivity contribution >= 4 is 34.0 Å². The van der Waals surface area contributed by atoms with E-state index in [2.05, 4.69) is 26.8 Å². The van der Waals surface area contributed by atoms with E-state index in [1.54, 1.807) is 6.20 Å². The lowest BCUT2D eigenvalue weighted by Crippen LogP contribution is -2.35. The Kier molecular flexibility index (Phi) is 5.26. The van der Waals surface area contributed by atoms with E-state index in [1.807, 2.05) is 16.8 Å². The fraction of sp³-hybridized carbons (Fsp3) is 0.412. The average Bonchev–Trinajstić information content (AvgIpc) is 3.34. The normalized spacial score (nSPS) is 17.1. The number of aliphatic carboxylic acids is 2.